The van der Waals surface area contributed by atoms with E-state index in [9.17, 15) is 4.79 Å². The third-order valence-corrected chi connectivity index (χ3v) is 4.57. The number of pyridine rings is 1. The average Bonchev–Trinajstić information content (AvgIpc) is 3.08. The Hall–Kier alpha value is -2.37. The van der Waals surface area contributed by atoms with Gasteiger partial charge in [0.05, 0.1) is 13.2 Å². The quantitative estimate of drug-likeness (QED) is 0.838. The highest BCUT2D eigenvalue weighted by Crippen LogP contribution is 2.28. The predicted molar refractivity (Wildman–Crippen MR) is 99.9 cm³/mol. The number of aromatic nitrogens is 3. The number of carbonyl (C=O) groups excluding carboxylic acids is 1. The van der Waals surface area contributed by atoms with Gasteiger partial charge < -0.3 is 14.2 Å². The lowest BCUT2D eigenvalue weighted by Crippen LogP contribution is -2.39. The number of hydrogen-bond acceptors (Lipinski definition) is 4. The first-order valence-electron chi connectivity index (χ1n) is 9.24. The Kier molecular flexibility index (Phi) is 5.59. The minimum atomic E-state index is -0.197. The van der Waals surface area contributed by atoms with Crippen LogP contribution in [0.15, 0.2) is 36.9 Å². The van der Waals surface area contributed by atoms with Crippen molar-refractivity contribution in [3.63, 3.8) is 0 Å². The summed E-state index contributed by atoms with van der Waals surface area (Å²) in [4.78, 5) is 22.8. The van der Waals surface area contributed by atoms with E-state index in [0.29, 0.717) is 25.6 Å². The van der Waals surface area contributed by atoms with Crippen molar-refractivity contribution in [1.82, 2.24) is 19.4 Å². The standard InChI is InChI=1S/C20H28N4O2/c1-20(2,3)15-26-19(25)23-10-6-17(7-11-23)18-22-9-12-24(18)14-16-5-4-8-21-13-16/h4-5,8-9,12-13,17H,6-7,10-11,14-15H2,1-3H3. The van der Waals surface area contributed by atoms with Gasteiger partial charge in [-0.25, -0.2) is 9.78 Å². The molecule has 1 aliphatic rings. The van der Waals surface area contributed by atoms with Crippen molar-refractivity contribution in [1.29, 1.82) is 0 Å². The summed E-state index contributed by atoms with van der Waals surface area (Å²) in [6, 6.07) is 4.03. The van der Waals surface area contributed by atoms with E-state index < -0.39 is 0 Å². The molecule has 0 atom stereocenters. The van der Waals surface area contributed by atoms with Crippen molar-refractivity contribution in [2.75, 3.05) is 19.7 Å². The Labute approximate surface area is 155 Å². The van der Waals surface area contributed by atoms with Gasteiger partial charge in [0.2, 0.25) is 0 Å². The van der Waals surface area contributed by atoms with Crippen molar-refractivity contribution >= 4 is 6.09 Å². The minimum Gasteiger partial charge on any atom is -0.449 e. The zero-order valence-electron chi connectivity index (χ0n) is 15.9. The molecule has 0 radical (unpaired) electrons. The van der Waals surface area contributed by atoms with Crippen LogP contribution >= 0.6 is 0 Å². The molecule has 0 spiro atoms. The van der Waals surface area contributed by atoms with Crippen LogP contribution in [0, 0.1) is 5.41 Å². The first-order chi connectivity index (χ1) is 12.4. The highest BCUT2D eigenvalue weighted by Gasteiger charge is 2.27. The van der Waals surface area contributed by atoms with E-state index >= 15 is 0 Å². The summed E-state index contributed by atoms with van der Waals surface area (Å²) in [6.07, 6.45) is 9.17. The Morgan fingerprint density at radius 1 is 1.27 bits per heavy atom. The molecular formula is C20H28N4O2. The molecule has 0 saturated carbocycles. The number of rotatable bonds is 4. The molecule has 1 aliphatic heterocycles. The molecule has 3 heterocycles. The second kappa shape index (κ2) is 7.89. The zero-order chi connectivity index (χ0) is 18.6. The Morgan fingerprint density at radius 3 is 2.69 bits per heavy atom. The molecule has 140 valence electrons. The van der Waals surface area contributed by atoms with Gasteiger partial charge in [0.25, 0.3) is 0 Å². The van der Waals surface area contributed by atoms with E-state index in [1.165, 1.54) is 0 Å². The third kappa shape index (κ3) is 4.84. The Bertz CT molecular complexity index is 713. The molecule has 6 nitrogen and oxygen atoms in total. The van der Waals surface area contributed by atoms with E-state index in [0.717, 1.165) is 30.8 Å². The molecule has 0 N–H and O–H groups in total. The van der Waals surface area contributed by atoms with Gasteiger partial charge in [-0.2, -0.15) is 0 Å². The second-order valence-electron chi connectivity index (χ2n) is 8.15. The van der Waals surface area contributed by atoms with Gasteiger partial charge in [-0.15, -0.1) is 0 Å². The Balaban J connectivity index is 1.56. The maximum absolute atomic E-state index is 12.2. The number of amides is 1. The predicted octanol–water partition coefficient (Wildman–Crippen LogP) is 3.69. The molecule has 1 fully saturated rings. The van der Waals surface area contributed by atoms with Gasteiger partial charge in [-0.3, -0.25) is 4.98 Å². The first kappa shape index (κ1) is 18.4. The van der Waals surface area contributed by atoms with Crippen LogP contribution in [0.5, 0.6) is 0 Å². The van der Waals surface area contributed by atoms with Crippen molar-refractivity contribution in [3.05, 3.63) is 48.3 Å². The van der Waals surface area contributed by atoms with Crippen LogP contribution in [0.1, 0.15) is 50.9 Å². The van der Waals surface area contributed by atoms with E-state index in [1.54, 1.807) is 6.20 Å². The van der Waals surface area contributed by atoms with Gasteiger partial charge in [-0.1, -0.05) is 26.8 Å². The largest absolute Gasteiger partial charge is 0.449 e. The number of piperidine rings is 1. The van der Waals surface area contributed by atoms with Crippen molar-refractivity contribution in [2.24, 2.45) is 5.41 Å². The van der Waals surface area contributed by atoms with Crippen LogP contribution < -0.4 is 0 Å². The normalized spacial score (nSPS) is 15.9. The monoisotopic (exact) mass is 356 g/mol. The van der Waals surface area contributed by atoms with Crippen LogP contribution in [-0.2, 0) is 11.3 Å². The second-order valence-corrected chi connectivity index (χ2v) is 8.15. The van der Waals surface area contributed by atoms with Crippen LogP contribution in [-0.4, -0.2) is 45.2 Å². The molecule has 26 heavy (non-hydrogen) atoms. The molecule has 2 aromatic heterocycles. The highest BCUT2D eigenvalue weighted by molar-refractivity contribution is 5.67. The summed E-state index contributed by atoms with van der Waals surface area (Å²) in [6.45, 7) is 8.84. The van der Waals surface area contributed by atoms with Crippen molar-refractivity contribution in [3.8, 4) is 0 Å². The number of carbonyl (C=O) groups is 1. The fourth-order valence-electron chi connectivity index (χ4n) is 3.19. The van der Waals surface area contributed by atoms with Crippen LogP contribution in [0.2, 0.25) is 0 Å². The van der Waals surface area contributed by atoms with Gasteiger partial charge in [0.15, 0.2) is 0 Å². The topological polar surface area (TPSA) is 60.2 Å². The molecule has 0 bridgehead atoms. The third-order valence-electron chi connectivity index (χ3n) is 4.57. The lowest BCUT2D eigenvalue weighted by molar-refractivity contribution is 0.0651. The first-order valence-corrected chi connectivity index (χ1v) is 9.24. The van der Waals surface area contributed by atoms with E-state index in [-0.39, 0.29) is 11.5 Å². The fourth-order valence-corrected chi connectivity index (χ4v) is 3.19. The SMILES string of the molecule is CC(C)(C)COC(=O)N1CCC(c2nccn2Cc2cccnc2)CC1. The summed E-state index contributed by atoms with van der Waals surface area (Å²) < 4.78 is 7.62. The summed E-state index contributed by atoms with van der Waals surface area (Å²) in [5.74, 6) is 1.46. The molecule has 0 unspecified atom stereocenters. The van der Waals surface area contributed by atoms with Crippen molar-refractivity contribution in [2.45, 2.75) is 46.1 Å². The number of imidazole rings is 1. The number of hydrogen-bond donors (Lipinski definition) is 0. The number of nitrogens with zero attached hydrogens (tertiary/aromatic N) is 4. The van der Waals surface area contributed by atoms with Crippen molar-refractivity contribution < 1.29 is 9.53 Å². The van der Waals surface area contributed by atoms with Crippen LogP contribution in [0.3, 0.4) is 0 Å². The van der Waals surface area contributed by atoms with E-state index in [1.807, 2.05) is 29.6 Å². The molecule has 0 aliphatic carbocycles. The van der Waals surface area contributed by atoms with Gasteiger partial charge in [0.1, 0.15) is 5.82 Å². The summed E-state index contributed by atoms with van der Waals surface area (Å²) in [5, 5.41) is 0. The maximum Gasteiger partial charge on any atom is 0.409 e. The van der Waals surface area contributed by atoms with E-state index in [2.05, 4.69) is 41.4 Å². The molecular weight excluding hydrogens is 328 g/mol. The lowest BCUT2D eigenvalue weighted by atomic mass is 9.96. The molecule has 1 saturated heterocycles. The van der Waals surface area contributed by atoms with Gasteiger partial charge in [-0.05, 0) is 29.9 Å². The molecule has 0 aromatic carbocycles. The number of ether oxygens (including phenoxy) is 1. The molecule has 2 aromatic rings. The summed E-state index contributed by atoms with van der Waals surface area (Å²) >= 11 is 0. The zero-order valence-corrected chi connectivity index (χ0v) is 15.9. The van der Waals surface area contributed by atoms with Gasteiger partial charge in [0, 0.05) is 43.8 Å². The fraction of sp³-hybridized carbons (Fsp3) is 0.550. The lowest BCUT2D eigenvalue weighted by Gasteiger charge is -2.32. The molecule has 6 heteroatoms. The number of likely N-dealkylation sites (tertiary alicyclic amines) is 1. The maximum atomic E-state index is 12.2. The summed E-state index contributed by atoms with van der Waals surface area (Å²) in [5.41, 5.74) is 1.15. The minimum absolute atomic E-state index is 0.00890. The van der Waals surface area contributed by atoms with Gasteiger partial charge >= 0.3 is 6.09 Å². The van der Waals surface area contributed by atoms with Crippen LogP contribution in [0.4, 0.5) is 4.79 Å². The summed E-state index contributed by atoms with van der Waals surface area (Å²) in [7, 11) is 0. The Morgan fingerprint density at radius 2 is 2.04 bits per heavy atom. The molecule has 1 amide bonds. The molecule has 3 rings (SSSR count). The highest BCUT2D eigenvalue weighted by atomic mass is 16.6. The smallest absolute Gasteiger partial charge is 0.409 e. The van der Waals surface area contributed by atoms with E-state index in [4.69, 9.17) is 4.74 Å². The van der Waals surface area contributed by atoms with Crippen LogP contribution in [0.25, 0.3) is 0 Å². The average molecular weight is 356 g/mol.